The number of carboxylic acids is 1. The summed E-state index contributed by atoms with van der Waals surface area (Å²) < 4.78 is 13.1. The predicted octanol–water partition coefficient (Wildman–Crippen LogP) is 4.13. The van der Waals surface area contributed by atoms with Gasteiger partial charge in [-0.15, -0.1) is 0 Å². The Labute approximate surface area is 134 Å². The van der Waals surface area contributed by atoms with E-state index in [-0.39, 0.29) is 18.0 Å². The van der Waals surface area contributed by atoms with Crippen molar-refractivity contribution in [3.63, 3.8) is 0 Å². The van der Waals surface area contributed by atoms with E-state index < -0.39 is 5.97 Å². The first kappa shape index (κ1) is 16.6. The number of benzene rings is 2. The van der Waals surface area contributed by atoms with E-state index in [4.69, 9.17) is 5.11 Å². The zero-order chi connectivity index (χ0) is 16.7. The molecule has 2 rings (SSSR count). The minimum Gasteiger partial charge on any atom is -0.481 e. The van der Waals surface area contributed by atoms with Crippen LogP contribution < -0.4 is 0 Å². The summed E-state index contributed by atoms with van der Waals surface area (Å²) in [5.74, 6) is -1.31. The number of aliphatic carboxylic acids is 1. The smallest absolute Gasteiger partial charge is 0.303 e. The zero-order valence-electron chi connectivity index (χ0n) is 12.5. The zero-order valence-corrected chi connectivity index (χ0v) is 12.5. The van der Waals surface area contributed by atoms with Crippen LogP contribution in [0.25, 0.3) is 6.08 Å². The first-order chi connectivity index (χ1) is 11.0. The normalized spacial score (nSPS) is 10.8. The first-order valence-corrected chi connectivity index (χ1v) is 7.33. The van der Waals surface area contributed by atoms with E-state index in [9.17, 15) is 14.0 Å². The van der Waals surface area contributed by atoms with Crippen molar-refractivity contribution >= 4 is 17.8 Å². The number of allylic oxidation sites excluding steroid dienone is 1. The van der Waals surface area contributed by atoms with Crippen LogP contribution in [0.3, 0.4) is 0 Å². The molecule has 0 aromatic heterocycles. The molecule has 0 saturated carbocycles. The molecule has 2 aromatic rings. The minimum atomic E-state index is -0.806. The lowest BCUT2D eigenvalue weighted by molar-refractivity contribution is -0.137. The number of halogens is 1. The summed E-state index contributed by atoms with van der Waals surface area (Å²) in [6.45, 7) is 0. The van der Waals surface area contributed by atoms with E-state index in [1.807, 2.05) is 12.1 Å². The van der Waals surface area contributed by atoms with Crippen molar-refractivity contribution in [3.8, 4) is 0 Å². The molecule has 0 aliphatic carbocycles. The standard InChI is InChI=1S/C19H17FO3/c20-17-5-1-4-15(13-17)9-12-18(21)16-10-7-14(8-11-16)3-2-6-19(22)23/h1,4-5,7-13H,2-3,6H2,(H,22,23)/b12-9+. The fraction of sp³-hybridized carbons (Fsp3) is 0.158. The molecule has 3 nitrogen and oxygen atoms in total. The van der Waals surface area contributed by atoms with Gasteiger partial charge in [-0.3, -0.25) is 9.59 Å². The van der Waals surface area contributed by atoms with E-state index >= 15 is 0 Å². The van der Waals surface area contributed by atoms with E-state index in [0.29, 0.717) is 24.0 Å². The van der Waals surface area contributed by atoms with Gasteiger partial charge in [0.1, 0.15) is 5.82 Å². The highest BCUT2D eigenvalue weighted by Gasteiger charge is 2.03. The van der Waals surface area contributed by atoms with Gasteiger partial charge in [0.2, 0.25) is 0 Å². The van der Waals surface area contributed by atoms with Crippen LogP contribution in [0.15, 0.2) is 54.6 Å². The average Bonchev–Trinajstić information content (AvgIpc) is 2.53. The highest BCUT2D eigenvalue weighted by molar-refractivity contribution is 6.06. The Morgan fingerprint density at radius 2 is 1.83 bits per heavy atom. The lowest BCUT2D eigenvalue weighted by Gasteiger charge is -2.01. The topological polar surface area (TPSA) is 54.4 Å². The maximum Gasteiger partial charge on any atom is 0.303 e. The van der Waals surface area contributed by atoms with Gasteiger partial charge in [0.25, 0.3) is 0 Å². The third kappa shape index (κ3) is 5.51. The molecule has 2 aromatic carbocycles. The van der Waals surface area contributed by atoms with Crippen LogP contribution in [0, 0.1) is 5.82 Å². The molecule has 4 heteroatoms. The Morgan fingerprint density at radius 1 is 1.09 bits per heavy atom. The molecule has 0 amide bonds. The quantitative estimate of drug-likeness (QED) is 0.618. The summed E-state index contributed by atoms with van der Waals surface area (Å²) in [7, 11) is 0. The number of aryl methyl sites for hydroxylation is 1. The second kappa shape index (κ2) is 8.03. The van der Waals surface area contributed by atoms with Crippen LogP contribution in [-0.2, 0) is 11.2 Å². The Kier molecular flexibility index (Phi) is 5.80. The highest BCUT2D eigenvalue weighted by atomic mass is 19.1. The second-order valence-electron chi connectivity index (χ2n) is 5.20. The number of carboxylic acid groups (broad SMARTS) is 1. The van der Waals surface area contributed by atoms with E-state index in [1.54, 1.807) is 30.3 Å². The van der Waals surface area contributed by atoms with E-state index in [1.165, 1.54) is 18.2 Å². The fourth-order valence-electron chi connectivity index (χ4n) is 2.16. The summed E-state index contributed by atoms with van der Waals surface area (Å²) >= 11 is 0. The lowest BCUT2D eigenvalue weighted by atomic mass is 10.0. The molecule has 0 saturated heterocycles. The molecule has 23 heavy (non-hydrogen) atoms. The summed E-state index contributed by atoms with van der Waals surface area (Å²) in [5, 5.41) is 8.60. The van der Waals surface area contributed by atoms with Gasteiger partial charge in [0, 0.05) is 12.0 Å². The van der Waals surface area contributed by atoms with Crippen LogP contribution >= 0.6 is 0 Å². The summed E-state index contributed by atoms with van der Waals surface area (Å²) in [6.07, 6.45) is 4.36. The number of hydrogen-bond donors (Lipinski definition) is 1. The van der Waals surface area contributed by atoms with Gasteiger partial charge in [-0.05, 0) is 42.2 Å². The Morgan fingerprint density at radius 3 is 2.48 bits per heavy atom. The molecule has 0 fully saturated rings. The maximum absolute atomic E-state index is 13.1. The van der Waals surface area contributed by atoms with Gasteiger partial charge in [0.15, 0.2) is 5.78 Å². The van der Waals surface area contributed by atoms with Gasteiger partial charge in [-0.1, -0.05) is 42.5 Å². The average molecular weight is 312 g/mol. The monoisotopic (exact) mass is 312 g/mol. The van der Waals surface area contributed by atoms with Gasteiger partial charge >= 0.3 is 5.97 Å². The lowest BCUT2D eigenvalue weighted by Crippen LogP contribution is -1.97. The number of hydrogen-bond acceptors (Lipinski definition) is 2. The molecule has 0 unspecified atom stereocenters. The second-order valence-corrected chi connectivity index (χ2v) is 5.20. The van der Waals surface area contributed by atoms with Crippen molar-refractivity contribution in [3.05, 3.63) is 77.1 Å². The predicted molar refractivity (Wildman–Crippen MR) is 86.8 cm³/mol. The van der Waals surface area contributed by atoms with Crippen LogP contribution in [-0.4, -0.2) is 16.9 Å². The van der Waals surface area contributed by atoms with Crippen molar-refractivity contribution in [1.82, 2.24) is 0 Å². The minimum absolute atomic E-state index is 0.136. The van der Waals surface area contributed by atoms with Gasteiger partial charge in [0.05, 0.1) is 0 Å². The SMILES string of the molecule is O=C(O)CCCc1ccc(C(=O)/C=C/c2cccc(F)c2)cc1. The van der Waals surface area contributed by atoms with E-state index in [2.05, 4.69) is 0 Å². The number of ketones is 1. The molecular weight excluding hydrogens is 295 g/mol. The van der Waals surface area contributed by atoms with Crippen molar-refractivity contribution in [2.45, 2.75) is 19.3 Å². The molecule has 0 aliphatic rings. The molecule has 0 spiro atoms. The van der Waals surface area contributed by atoms with E-state index in [0.717, 1.165) is 5.56 Å². The fourth-order valence-corrected chi connectivity index (χ4v) is 2.16. The summed E-state index contributed by atoms with van der Waals surface area (Å²) in [4.78, 5) is 22.5. The van der Waals surface area contributed by atoms with Crippen LogP contribution in [0.1, 0.15) is 34.3 Å². The molecule has 0 atom stereocenters. The van der Waals surface area contributed by atoms with Gasteiger partial charge in [-0.2, -0.15) is 0 Å². The Balaban J connectivity index is 1.96. The summed E-state index contributed by atoms with van der Waals surface area (Å²) in [6, 6.07) is 13.1. The molecule has 0 aliphatic heterocycles. The van der Waals surface area contributed by atoms with Crippen LogP contribution in [0.4, 0.5) is 4.39 Å². The molecular formula is C19H17FO3. The molecule has 0 bridgehead atoms. The first-order valence-electron chi connectivity index (χ1n) is 7.33. The number of rotatable bonds is 7. The molecule has 1 N–H and O–H groups in total. The third-order valence-corrected chi connectivity index (χ3v) is 3.37. The summed E-state index contributed by atoms with van der Waals surface area (Å²) in [5.41, 5.74) is 2.17. The van der Waals surface area contributed by atoms with Gasteiger partial charge < -0.3 is 5.11 Å². The van der Waals surface area contributed by atoms with Crippen molar-refractivity contribution in [2.24, 2.45) is 0 Å². The third-order valence-electron chi connectivity index (χ3n) is 3.37. The van der Waals surface area contributed by atoms with Gasteiger partial charge in [-0.25, -0.2) is 4.39 Å². The largest absolute Gasteiger partial charge is 0.481 e. The number of carbonyl (C=O) groups excluding carboxylic acids is 1. The van der Waals surface area contributed by atoms with Crippen LogP contribution in [0.2, 0.25) is 0 Å². The molecule has 0 heterocycles. The number of carbonyl (C=O) groups is 2. The van der Waals surface area contributed by atoms with Crippen molar-refractivity contribution in [2.75, 3.05) is 0 Å². The van der Waals surface area contributed by atoms with Crippen LogP contribution in [0.5, 0.6) is 0 Å². The Hall–Kier alpha value is -2.75. The highest BCUT2D eigenvalue weighted by Crippen LogP contribution is 2.11. The maximum atomic E-state index is 13.1. The Bertz CT molecular complexity index is 718. The molecule has 0 radical (unpaired) electrons. The van der Waals surface area contributed by atoms with Crippen molar-refractivity contribution < 1.29 is 19.1 Å². The van der Waals surface area contributed by atoms with Crippen molar-refractivity contribution in [1.29, 1.82) is 0 Å². The molecule has 118 valence electrons.